The number of carbonyl (C=O) groups excluding carboxylic acids is 2. The van der Waals surface area contributed by atoms with Crippen molar-refractivity contribution in [1.82, 2.24) is 0 Å². The zero-order chi connectivity index (χ0) is 19.7. The summed E-state index contributed by atoms with van der Waals surface area (Å²) in [6.45, 7) is 1.27. The highest BCUT2D eigenvalue weighted by Crippen LogP contribution is 2.18. The Labute approximate surface area is 159 Å². The Hall–Kier alpha value is -3.47. The summed E-state index contributed by atoms with van der Waals surface area (Å²) in [5.74, 6) is 0.0255. The molecule has 0 unspecified atom stereocenters. The molecule has 0 aliphatic heterocycles. The van der Waals surface area contributed by atoms with Gasteiger partial charge in [-0.1, -0.05) is 8.41 Å². The topological polar surface area (TPSA) is 139 Å². The molecule has 0 atom stereocenters. The number of carbonyl (C=O) groups is 2. The maximum absolute atomic E-state index is 10.5. The lowest BCUT2D eigenvalue weighted by molar-refractivity contribution is -0.385. The minimum Gasteiger partial charge on any atom is -0.427 e. The number of hydrogen-bond acceptors (Lipinski definition) is 8. The Morgan fingerprint density at radius 3 is 1.41 bits per heavy atom. The number of benzene rings is 2. The van der Waals surface area contributed by atoms with Crippen molar-refractivity contribution in [3.8, 4) is 11.5 Å². The van der Waals surface area contributed by atoms with Gasteiger partial charge >= 0.3 is 11.4 Å². The first kappa shape index (κ1) is 23.5. The molecular formula is C15H15BClN2O8-. The molecule has 0 aliphatic carbocycles. The molecule has 27 heavy (non-hydrogen) atoms. The van der Waals surface area contributed by atoms with E-state index in [1.807, 2.05) is 0 Å². The van der Waals surface area contributed by atoms with Gasteiger partial charge in [-0.05, 0) is 24.3 Å². The second-order valence-corrected chi connectivity index (χ2v) is 4.74. The van der Waals surface area contributed by atoms with Crippen LogP contribution in [0.1, 0.15) is 6.92 Å². The molecule has 0 fully saturated rings. The van der Waals surface area contributed by atoms with E-state index in [0.717, 1.165) is 0 Å². The predicted molar refractivity (Wildman–Crippen MR) is 101 cm³/mol. The minimum atomic E-state index is -0.978. The smallest absolute Gasteiger partial charge is 0.409 e. The number of halogens is 1. The van der Waals surface area contributed by atoms with Crippen LogP contribution in [-0.4, -0.2) is 29.7 Å². The quantitative estimate of drug-likeness (QED) is 0.191. The van der Waals surface area contributed by atoms with E-state index in [2.05, 4.69) is 9.47 Å². The van der Waals surface area contributed by atoms with E-state index in [9.17, 15) is 29.8 Å². The molecule has 2 aromatic carbocycles. The molecule has 0 amide bonds. The van der Waals surface area contributed by atoms with Gasteiger partial charge in [0, 0.05) is 42.8 Å². The van der Waals surface area contributed by atoms with Gasteiger partial charge < -0.3 is 9.47 Å². The normalized spacial score (nSPS) is 8.96. The van der Waals surface area contributed by atoms with Crippen LogP contribution in [0, 0.1) is 20.2 Å². The summed E-state index contributed by atoms with van der Waals surface area (Å²) in [5.41, 5.74) is -1.08. The second-order valence-electron chi connectivity index (χ2n) is 4.44. The van der Waals surface area contributed by atoms with Crippen LogP contribution in [0.3, 0.4) is 0 Å². The second kappa shape index (κ2) is 11.2. The summed E-state index contributed by atoms with van der Waals surface area (Å²) >= 11 is 4.92. The van der Waals surface area contributed by atoms with Crippen LogP contribution in [0.25, 0.3) is 0 Å². The molecule has 0 saturated heterocycles. The summed E-state index contributed by atoms with van der Waals surface area (Å²) in [4.78, 5) is 40.1. The largest absolute Gasteiger partial charge is 0.427 e. The average molecular weight is 398 g/mol. The van der Waals surface area contributed by atoms with Crippen LogP contribution in [-0.2, 0) is 4.79 Å². The fourth-order valence-corrected chi connectivity index (χ4v) is 1.62. The maximum Gasteiger partial charge on any atom is 0.409 e. The molecule has 0 bridgehead atoms. The predicted octanol–water partition coefficient (Wildman–Crippen LogP) is 2.40. The molecule has 12 heteroatoms. The third kappa shape index (κ3) is 8.98. The van der Waals surface area contributed by atoms with Crippen LogP contribution in [0.5, 0.6) is 11.5 Å². The van der Waals surface area contributed by atoms with Crippen molar-refractivity contribution in [3.63, 3.8) is 0 Å². The van der Waals surface area contributed by atoms with Crippen molar-refractivity contribution < 1.29 is 28.9 Å². The molecule has 0 radical (unpaired) electrons. The number of ether oxygens (including phenoxy) is 2. The molecule has 144 valence electrons. The van der Waals surface area contributed by atoms with E-state index in [-0.39, 0.29) is 25.5 Å². The lowest BCUT2D eigenvalue weighted by atomic mass is 10.3. The van der Waals surface area contributed by atoms with Crippen LogP contribution in [0.15, 0.2) is 48.5 Å². The van der Waals surface area contributed by atoms with E-state index in [4.69, 9.17) is 11.6 Å². The van der Waals surface area contributed by atoms with E-state index in [0.29, 0.717) is 5.75 Å². The molecular weight excluding hydrogens is 382 g/mol. The van der Waals surface area contributed by atoms with Crippen molar-refractivity contribution in [2.45, 2.75) is 6.92 Å². The molecule has 0 spiro atoms. The van der Waals surface area contributed by atoms with E-state index in [1.54, 1.807) is 0 Å². The minimum absolute atomic E-state index is 0. The monoisotopic (exact) mass is 397 g/mol. The molecule has 0 N–H and O–H groups in total. The Bertz CT molecular complexity index is 742. The number of nitro groups is 2. The van der Waals surface area contributed by atoms with Gasteiger partial charge in [0.05, 0.1) is 9.85 Å². The summed E-state index contributed by atoms with van der Waals surface area (Å²) in [5, 5.41) is 20.4. The highest BCUT2D eigenvalue weighted by molar-refractivity contribution is 6.61. The van der Waals surface area contributed by atoms with Crippen molar-refractivity contribution in [1.29, 1.82) is 0 Å². The first-order valence-electron chi connectivity index (χ1n) is 6.73. The van der Waals surface area contributed by atoms with E-state index in [1.165, 1.54) is 55.5 Å². The summed E-state index contributed by atoms with van der Waals surface area (Å²) in [6, 6.07) is 10.3. The Morgan fingerprint density at radius 1 is 0.815 bits per heavy atom. The van der Waals surface area contributed by atoms with Crippen molar-refractivity contribution in [3.05, 3.63) is 68.8 Å². The van der Waals surface area contributed by atoms with Crippen LogP contribution in [0.4, 0.5) is 16.2 Å². The van der Waals surface area contributed by atoms with Crippen molar-refractivity contribution in [2.24, 2.45) is 0 Å². The number of esters is 1. The number of nitro benzene ring substituents is 2. The van der Waals surface area contributed by atoms with Gasteiger partial charge in [-0.3, -0.25) is 25.0 Å². The summed E-state index contributed by atoms with van der Waals surface area (Å²) in [6.07, 6.45) is 0. The SMILES string of the molecule is CC(=O)Oc1ccc([N+](=O)[O-])cc1.O=C(Cl)Oc1ccc([N+](=O)[O-])cc1.[BH4-]. The Kier molecular flexibility index (Phi) is 9.77. The third-order valence-electron chi connectivity index (χ3n) is 2.55. The van der Waals surface area contributed by atoms with E-state index >= 15 is 0 Å². The average Bonchev–Trinajstić information content (AvgIpc) is 2.55. The summed E-state index contributed by atoms with van der Waals surface area (Å²) < 4.78 is 9.14. The van der Waals surface area contributed by atoms with Crippen molar-refractivity contribution in [2.75, 3.05) is 0 Å². The lowest BCUT2D eigenvalue weighted by Gasteiger charge is -1.98. The zero-order valence-electron chi connectivity index (χ0n) is 13.2. The van der Waals surface area contributed by atoms with Gasteiger partial charge in [0.1, 0.15) is 11.5 Å². The van der Waals surface area contributed by atoms with Gasteiger partial charge in [0.25, 0.3) is 11.4 Å². The zero-order valence-corrected chi connectivity index (χ0v) is 13.9. The van der Waals surface area contributed by atoms with Gasteiger partial charge in [0.15, 0.2) is 0 Å². The number of nitrogens with zero attached hydrogens (tertiary/aromatic N) is 2. The maximum atomic E-state index is 10.5. The first-order chi connectivity index (χ1) is 12.2. The van der Waals surface area contributed by atoms with Crippen LogP contribution in [0.2, 0.25) is 0 Å². The van der Waals surface area contributed by atoms with Gasteiger partial charge in [-0.2, -0.15) is 0 Å². The van der Waals surface area contributed by atoms with Crippen LogP contribution >= 0.6 is 11.6 Å². The Balaban J connectivity index is 0.000000483. The fraction of sp³-hybridized carbons (Fsp3) is 0.0667. The standard InChI is InChI=1S/C8H7NO4.C7H4ClNO4.BH4/c1-6(10)13-8-4-2-7(3-5-8)9(11)12;8-7(10)13-6-3-1-5(2-4-6)9(11)12;/h2-5H,1H3;1-4H;1H4/q;;-1. The fourth-order valence-electron chi connectivity index (χ4n) is 1.53. The third-order valence-corrected chi connectivity index (χ3v) is 2.63. The Morgan fingerprint density at radius 2 is 1.15 bits per heavy atom. The molecule has 10 nitrogen and oxygen atoms in total. The lowest BCUT2D eigenvalue weighted by Crippen LogP contribution is -2.01. The number of non-ortho nitro benzene ring substituents is 2. The summed E-state index contributed by atoms with van der Waals surface area (Å²) in [7, 11) is 0. The number of hydrogen-bond donors (Lipinski definition) is 0. The van der Waals surface area contributed by atoms with E-state index < -0.39 is 21.2 Å². The van der Waals surface area contributed by atoms with Gasteiger partial charge in [-0.15, -0.1) is 0 Å². The highest BCUT2D eigenvalue weighted by atomic mass is 35.5. The molecule has 0 aliphatic rings. The highest BCUT2D eigenvalue weighted by Gasteiger charge is 2.06. The van der Waals surface area contributed by atoms with Gasteiger partial charge in [0.2, 0.25) is 0 Å². The molecule has 0 heterocycles. The molecule has 0 aromatic heterocycles. The molecule has 2 rings (SSSR count). The van der Waals surface area contributed by atoms with Crippen molar-refractivity contribution >= 4 is 42.8 Å². The molecule has 2 aromatic rings. The molecule has 0 saturated carbocycles. The van der Waals surface area contributed by atoms with Gasteiger partial charge in [-0.25, -0.2) is 4.79 Å². The number of rotatable bonds is 4. The van der Waals surface area contributed by atoms with Crippen LogP contribution < -0.4 is 9.47 Å². The first-order valence-corrected chi connectivity index (χ1v) is 7.11.